The zero-order valence-corrected chi connectivity index (χ0v) is 13.9. The van der Waals surface area contributed by atoms with Gasteiger partial charge in [0.1, 0.15) is 11.9 Å². The average Bonchev–Trinajstić information content (AvgIpc) is 2.94. The molecule has 1 heterocycles. The Hall–Kier alpha value is -1.39. The van der Waals surface area contributed by atoms with Crippen LogP contribution in [0.4, 0.5) is 0 Å². The Labute approximate surface area is 130 Å². The number of rotatable bonds is 5. The molecule has 2 rings (SSSR count). The lowest BCUT2D eigenvalue weighted by Crippen LogP contribution is -2.11. The van der Waals surface area contributed by atoms with Crippen LogP contribution in [0.15, 0.2) is 29.6 Å². The van der Waals surface area contributed by atoms with Crippen LogP contribution < -0.4 is 4.74 Å². The highest BCUT2D eigenvalue weighted by molar-refractivity contribution is 7.09. The summed E-state index contributed by atoms with van der Waals surface area (Å²) in [6.45, 7) is 9.09. The van der Waals surface area contributed by atoms with E-state index < -0.39 is 6.10 Å². The van der Waals surface area contributed by atoms with Crippen molar-refractivity contribution in [2.75, 3.05) is 6.61 Å². The van der Waals surface area contributed by atoms with Crippen molar-refractivity contribution in [3.63, 3.8) is 0 Å². The van der Waals surface area contributed by atoms with Gasteiger partial charge < -0.3 is 9.84 Å². The first-order chi connectivity index (χ1) is 9.93. The SMILES string of the molecule is CCCOc1ccccc1C(O)c1csc(C(C)(C)C)n1. The fraction of sp³-hybridized carbons (Fsp3) is 0.471. The maximum absolute atomic E-state index is 10.6. The predicted octanol–water partition coefficient (Wildman–Crippen LogP) is 4.31. The molecule has 0 bridgehead atoms. The van der Waals surface area contributed by atoms with Gasteiger partial charge in [0.25, 0.3) is 0 Å². The Morgan fingerprint density at radius 2 is 2.00 bits per heavy atom. The second-order valence-electron chi connectivity index (χ2n) is 6.12. The van der Waals surface area contributed by atoms with Crippen molar-refractivity contribution in [3.8, 4) is 5.75 Å². The lowest BCUT2D eigenvalue weighted by Gasteiger charge is -2.16. The summed E-state index contributed by atoms with van der Waals surface area (Å²) in [7, 11) is 0. The highest BCUT2D eigenvalue weighted by Crippen LogP contribution is 2.33. The van der Waals surface area contributed by atoms with Gasteiger partial charge in [-0.25, -0.2) is 4.98 Å². The topological polar surface area (TPSA) is 42.4 Å². The maximum Gasteiger partial charge on any atom is 0.125 e. The fourth-order valence-electron chi connectivity index (χ4n) is 1.97. The van der Waals surface area contributed by atoms with Crippen LogP contribution in [0, 0.1) is 0 Å². The number of para-hydroxylation sites is 1. The molecule has 0 aliphatic carbocycles. The van der Waals surface area contributed by atoms with Gasteiger partial charge in [0.15, 0.2) is 0 Å². The number of benzene rings is 1. The van der Waals surface area contributed by atoms with Crippen LogP contribution in [-0.4, -0.2) is 16.7 Å². The summed E-state index contributed by atoms with van der Waals surface area (Å²) in [5.74, 6) is 0.733. The molecule has 0 fully saturated rings. The molecule has 1 aromatic heterocycles. The number of aromatic nitrogens is 1. The Morgan fingerprint density at radius 1 is 1.29 bits per heavy atom. The monoisotopic (exact) mass is 305 g/mol. The molecule has 4 heteroatoms. The van der Waals surface area contributed by atoms with Crippen molar-refractivity contribution in [2.45, 2.75) is 45.6 Å². The molecule has 0 amide bonds. The van der Waals surface area contributed by atoms with Crippen LogP contribution in [-0.2, 0) is 5.41 Å². The zero-order valence-electron chi connectivity index (χ0n) is 13.1. The van der Waals surface area contributed by atoms with Crippen LogP contribution >= 0.6 is 11.3 Å². The van der Waals surface area contributed by atoms with E-state index in [0.717, 1.165) is 22.7 Å². The highest BCUT2D eigenvalue weighted by atomic mass is 32.1. The van der Waals surface area contributed by atoms with E-state index in [-0.39, 0.29) is 5.41 Å². The van der Waals surface area contributed by atoms with E-state index in [2.05, 4.69) is 32.7 Å². The summed E-state index contributed by atoms with van der Waals surface area (Å²) < 4.78 is 5.72. The molecule has 1 atom stereocenters. The summed E-state index contributed by atoms with van der Waals surface area (Å²) in [4.78, 5) is 4.59. The number of hydrogen-bond donors (Lipinski definition) is 1. The number of aliphatic hydroxyl groups is 1. The fourth-order valence-corrected chi connectivity index (χ4v) is 2.89. The molecule has 0 saturated carbocycles. The Kier molecular flexibility index (Phi) is 5.01. The molecule has 3 nitrogen and oxygen atoms in total. The molecule has 21 heavy (non-hydrogen) atoms. The molecule has 114 valence electrons. The average molecular weight is 305 g/mol. The summed E-state index contributed by atoms with van der Waals surface area (Å²) in [6, 6.07) is 7.62. The van der Waals surface area contributed by atoms with Gasteiger partial charge in [-0.05, 0) is 12.5 Å². The van der Waals surface area contributed by atoms with Crippen molar-refractivity contribution in [1.29, 1.82) is 0 Å². The van der Waals surface area contributed by atoms with Gasteiger partial charge in [-0.1, -0.05) is 45.9 Å². The third-order valence-corrected chi connectivity index (χ3v) is 4.41. The molecule has 2 aromatic rings. The van der Waals surface area contributed by atoms with Gasteiger partial charge in [-0.2, -0.15) is 0 Å². The van der Waals surface area contributed by atoms with Gasteiger partial charge in [-0.3, -0.25) is 0 Å². The lowest BCUT2D eigenvalue weighted by atomic mass is 9.98. The molecular weight excluding hydrogens is 282 g/mol. The minimum Gasteiger partial charge on any atom is -0.493 e. The quantitative estimate of drug-likeness (QED) is 0.895. The third-order valence-electron chi connectivity index (χ3n) is 3.12. The molecule has 0 saturated heterocycles. The van der Waals surface area contributed by atoms with Gasteiger partial charge in [0.05, 0.1) is 17.3 Å². The van der Waals surface area contributed by atoms with E-state index in [0.29, 0.717) is 12.3 Å². The molecule has 0 spiro atoms. The Bertz CT molecular complexity index is 586. The van der Waals surface area contributed by atoms with E-state index >= 15 is 0 Å². The highest BCUT2D eigenvalue weighted by Gasteiger charge is 2.22. The number of nitrogens with zero attached hydrogens (tertiary/aromatic N) is 1. The van der Waals surface area contributed by atoms with Crippen LogP contribution in [0.25, 0.3) is 0 Å². The minimum atomic E-state index is -0.745. The summed E-state index contributed by atoms with van der Waals surface area (Å²) >= 11 is 1.59. The number of ether oxygens (including phenoxy) is 1. The van der Waals surface area contributed by atoms with Crippen molar-refractivity contribution < 1.29 is 9.84 Å². The predicted molar refractivity (Wildman–Crippen MR) is 87.1 cm³/mol. The minimum absolute atomic E-state index is 0.000858. The van der Waals surface area contributed by atoms with Crippen molar-refractivity contribution >= 4 is 11.3 Å². The molecule has 1 N–H and O–H groups in total. The van der Waals surface area contributed by atoms with Crippen LogP contribution in [0.5, 0.6) is 5.75 Å². The van der Waals surface area contributed by atoms with E-state index in [4.69, 9.17) is 4.74 Å². The molecule has 0 aliphatic rings. The summed E-state index contributed by atoms with van der Waals surface area (Å²) in [6.07, 6.45) is 0.195. The Balaban J connectivity index is 2.27. The first-order valence-corrected chi connectivity index (χ1v) is 8.17. The normalized spacial score (nSPS) is 13.2. The molecule has 0 radical (unpaired) electrons. The van der Waals surface area contributed by atoms with E-state index in [1.807, 2.05) is 29.6 Å². The van der Waals surface area contributed by atoms with Crippen LogP contribution in [0.2, 0.25) is 0 Å². The number of thiazole rings is 1. The maximum atomic E-state index is 10.6. The second kappa shape index (κ2) is 6.58. The molecule has 0 aliphatic heterocycles. The Morgan fingerprint density at radius 3 is 2.62 bits per heavy atom. The van der Waals surface area contributed by atoms with E-state index in [1.165, 1.54) is 0 Å². The van der Waals surface area contributed by atoms with Crippen molar-refractivity contribution in [3.05, 3.63) is 45.9 Å². The summed E-state index contributed by atoms with van der Waals surface area (Å²) in [5.41, 5.74) is 1.47. The standard InChI is InChI=1S/C17H23NO2S/c1-5-10-20-14-9-7-6-8-12(14)15(19)13-11-21-16(18-13)17(2,3)4/h6-9,11,15,19H,5,10H2,1-4H3. The van der Waals surface area contributed by atoms with Crippen molar-refractivity contribution in [2.24, 2.45) is 0 Å². The third kappa shape index (κ3) is 3.83. The van der Waals surface area contributed by atoms with Gasteiger partial charge >= 0.3 is 0 Å². The van der Waals surface area contributed by atoms with Gasteiger partial charge in [0.2, 0.25) is 0 Å². The van der Waals surface area contributed by atoms with Gasteiger partial charge in [-0.15, -0.1) is 11.3 Å². The second-order valence-corrected chi connectivity index (χ2v) is 6.97. The molecular formula is C17H23NO2S. The molecule has 1 aromatic carbocycles. The largest absolute Gasteiger partial charge is 0.493 e. The number of hydrogen-bond acceptors (Lipinski definition) is 4. The summed E-state index contributed by atoms with van der Waals surface area (Å²) in [5, 5.41) is 13.6. The van der Waals surface area contributed by atoms with Crippen LogP contribution in [0.3, 0.4) is 0 Å². The number of aliphatic hydroxyl groups excluding tert-OH is 1. The molecule has 1 unspecified atom stereocenters. The first-order valence-electron chi connectivity index (χ1n) is 7.29. The first kappa shape index (κ1) is 16.0. The lowest BCUT2D eigenvalue weighted by molar-refractivity contribution is 0.206. The van der Waals surface area contributed by atoms with E-state index in [9.17, 15) is 5.11 Å². The van der Waals surface area contributed by atoms with E-state index in [1.54, 1.807) is 11.3 Å². The smallest absolute Gasteiger partial charge is 0.125 e. The zero-order chi connectivity index (χ0) is 15.5. The van der Waals surface area contributed by atoms with Crippen LogP contribution in [0.1, 0.15) is 56.5 Å². The van der Waals surface area contributed by atoms with Gasteiger partial charge in [0, 0.05) is 16.4 Å². The van der Waals surface area contributed by atoms with Crippen molar-refractivity contribution in [1.82, 2.24) is 4.98 Å².